The third kappa shape index (κ3) is 4.63. The van der Waals surface area contributed by atoms with E-state index < -0.39 is 24.1 Å². The largest absolute Gasteiger partial charge is 0.467 e. The monoisotopic (exact) mass is 523 g/mol. The lowest BCUT2D eigenvalue weighted by molar-refractivity contribution is -0.151. The van der Waals surface area contributed by atoms with Gasteiger partial charge in [-0.1, -0.05) is 66.7 Å². The predicted octanol–water partition coefficient (Wildman–Crippen LogP) is 4.39. The van der Waals surface area contributed by atoms with Gasteiger partial charge in [0, 0.05) is 42.4 Å². The van der Waals surface area contributed by atoms with E-state index in [1.165, 1.54) is 12.0 Å². The first-order chi connectivity index (χ1) is 19.0. The summed E-state index contributed by atoms with van der Waals surface area (Å²) in [5, 5.41) is 3.82. The first kappa shape index (κ1) is 24.7. The van der Waals surface area contributed by atoms with Crippen molar-refractivity contribution in [1.82, 2.24) is 15.2 Å². The fourth-order valence-corrected chi connectivity index (χ4v) is 5.90. The Bertz CT molecular complexity index is 1520. The SMILES string of the molecule is COC(=O)[C@H](Cc1c[nH]c2ccccc12)N1C[C@@H](NC(=O)OCC2c3ccccc3-c3ccccc32)CC1=O. The summed E-state index contributed by atoms with van der Waals surface area (Å²) < 4.78 is 10.7. The smallest absolute Gasteiger partial charge is 0.407 e. The molecule has 2 heterocycles. The van der Waals surface area contributed by atoms with E-state index in [1.807, 2.05) is 54.7 Å². The lowest BCUT2D eigenvalue weighted by Crippen LogP contribution is -2.46. The second kappa shape index (κ2) is 10.3. The van der Waals surface area contributed by atoms with Crippen LogP contribution in [0.15, 0.2) is 79.0 Å². The number of nitrogens with one attached hydrogen (secondary N) is 2. The molecule has 1 aliphatic carbocycles. The molecule has 1 fully saturated rings. The molecule has 39 heavy (non-hydrogen) atoms. The summed E-state index contributed by atoms with van der Waals surface area (Å²) in [6, 6.07) is 22.8. The van der Waals surface area contributed by atoms with E-state index in [4.69, 9.17) is 9.47 Å². The maximum absolute atomic E-state index is 13.0. The number of carbonyl (C=O) groups is 3. The highest BCUT2D eigenvalue weighted by atomic mass is 16.5. The Kier molecular flexibility index (Phi) is 6.52. The van der Waals surface area contributed by atoms with Crippen molar-refractivity contribution < 1.29 is 23.9 Å². The molecule has 0 radical (unpaired) electrons. The first-order valence-corrected chi connectivity index (χ1v) is 13.1. The van der Waals surface area contributed by atoms with Gasteiger partial charge >= 0.3 is 12.1 Å². The number of nitrogens with zero attached hydrogens (tertiary/aromatic N) is 1. The number of methoxy groups -OCH3 is 1. The number of alkyl carbamates (subject to hydrolysis) is 1. The number of para-hydroxylation sites is 1. The Labute approximate surface area is 225 Å². The number of esters is 1. The Hall–Kier alpha value is -4.59. The minimum atomic E-state index is -0.795. The average Bonchev–Trinajstić information content (AvgIpc) is 3.63. The van der Waals surface area contributed by atoms with Crippen LogP contribution in [0.1, 0.15) is 29.0 Å². The van der Waals surface area contributed by atoms with Crippen LogP contribution < -0.4 is 5.32 Å². The molecule has 8 heteroatoms. The molecule has 2 aliphatic rings. The summed E-state index contributed by atoms with van der Waals surface area (Å²) in [4.78, 5) is 43.2. The van der Waals surface area contributed by atoms with Crippen LogP contribution in [-0.4, -0.2) is 60.2 Å². The standard InChI is InChI=1S/C31H29N3O5/c1-38-30(36)28(14-19-16-32-27-13-7-6-8-21(19)27)34-17-20(15-29(34)35)33-31(37)39-18-26-24-11-4-2-9-22(24)23-10-3-5-12-25(23)26/h2-13,16,20,26,28,32H,14-15,17-18H2,1H3,(H,33,37)/t20-,28-/m0/s1. The summed E-state index contributed by atoms with van der Waals surface area (Å²) in [5.41, 5.74) is 6.45. The zero-order valence-corrected chi connectivity index (χ0v) is 21.6. The van der Waals surface area contributed by atoms with Crippen molar-refractivity contribution in [2.24, 2.45) is 0 Å². The second-order valence-corrected chi connectivity index (χ2v) is 10.0. The molecule has 0 unspecified atom stereocenters. The van der Waals surface area contributed by atoms with Crippen LogP contribution in [0.2, 0.25) is 0 Å². The van der Waals surface area contributed by atoms with E-state index in [1.54, 1.807) is 0 Å². The van der Waals surface area contributed by atoms with Gasteiger partial charge in [-0.3, -0.25) is 4.79 Å². The summed E-state index contributed by atoms with van der Waals surface area (Å²) in [7, 11) is 1.32. The van der Waals surface area contributed by atoms with Crippen molar-refractivity contribution in [2.45, 2.75) is 30.8 Å². The molecule has 8 nitrogen and oxygen atoms in total. The van der Waals surface area contributed by atoms with Crippen LogP contribution in [-0.2, 0) is 25.5 Å². The van der Waals surface area contributed by atoms with Gasteiger partial charge in [-0.05, 0) is 33.9 Å². The molecule has 1 aliphatic heterocycles. The molecule has 3 aromatic carbocycles. The van der Waals surface area contributed by atoms with Crippen molar-refractivity contribution in [3.8, 4) is 11.1 Å². The molecule has 1 aromatic heterocycles. The number of fused-ring (bicyclic) bond motifs is 4. The molecule has 2 atom stereocenters. The van der Waals surface area contributed by atoms with Gasteiger partial charge in [0.2, 0.25) is 5.91 Å². The van der Waals surface area contributed by atoms with E-state index in [0.29, 0.717) is 6.42 Å². The van der Waals surface area contributed by atoms with Crippen molar-refractivity contribution in [1.29, 1.82) is 0 Å². The maximum Gasteiger partial charge on any atom is 0.407 e. The van der Waals surface area contributed by atoms with Crippen LogP contribution >= 0.6 is 0 Å². The number of benzene rings is 3. The van der Waals surface area contributed by atoms with E-state index in [2.05, 4.69) is 34.6 Å². The molecule has 4 aromatic rings. The number of H-pyrrole nitrogens is 1. The fourth-order valence-electron chi connectivity index (χ4n) is 5.90. The van der Waals surface area contributed by atoms with Gasteiger partial charge in [0.05, 0.1) is 13.2 Å². The van der Waals surface area contributed by atoms with Crippen LogP contribution in [0.5, 0.6) is 0 Å². The number of ether oxygens (including phenoxy) is 2. The molecular formula is C31H29N3O5. The second-order valence-electron chi connectivity index (χ2n) is 10.0. The van der Waals surface area contributed by atoms with Crippen LogP contribution in [0.25, 0.3) is 22.0 Å². The van der Waals surface area contributed by atoms with Gasteiger partial charge in [-0.25, -0.2) is 9.59 Å². The number of amides is 2. The van der Waals surface area contributed by atoms with Crippen molar-refractivity contribution >= 4 is 28.9 Å². The summed E-state index contributed by atoms with van der Waals surface area (Å²) in [6.07, 6.45) is 1.67. The number of likely N-dealkylation sites (tertiary alicyclic amines) is 1. The van der Waals surface area contributed by atoms with E-state index in [9.17, 15) is 14.4 Å². The molecule has 2 amide bonds. The lowest BCUT2D eigenvalue weighted by Gasteiger charge is -2.26. The van der Waals surface area contributed by atoms with Crippen LogP contribution in [0, 0.1) is 0 Å². The minimum Gasteiger partial charge on any atom is -0.467 e. The quantitative estimate of drug-likeness (QED) is 0.350. The Morgan fingerprint density at radius 1 is 1.00 bits per heavy atom. The number of aromatic nitrogens is 1. The van der Waals surface area contributed by atoms with Crippen molar-refractivity contribution in [2.75, 3.05) is 20.3 Å². The van der Waals surface area contributed by atoms with Gasteiger partial charge in [-0.2, -0.15) is 0 Å². The Morgan fingerprint density at radius 3 is 2.38 bits per heavy atom. The van der Waals surface area contributed by atoms with E-state index >= 15 is 0 Å². The highest BCUT2D eigenvalue weighted by Crippen LogP contribution is 2.44. The number of carbonyl (C=O) groups excluding carboxylic acids is 3. The first-order valence-electron chi connectivity index (χ1n) is 13.1. The lowest BCUT2D eigenvalue weighted by atomic mass is 9.98. The third-order valence-corrected chi connectivity index (χ3v) is 7.76. The van der Waals surface area contributed by atoms with Crippen LogP contribution in [0.3, 0.4) is 0 Å². The molecule has 0 bridgehead atoms. The molecular weight excluding hydrogens is 494 g/mol. The van der Waals surface area contributed by atoms with Gasteiger partial charge in [0.25, 0.3) is 0 Å². The molecule has 2 N–H and O–H groups in total. The predicted molar refractivity (Wildman–Crippen MR) is 146 cm³/mol. The zero-order chi connectivity index (χ0) is 26.9. The summed E-state index contributed by atoms with van der Waals surface area (Å²) >= 11 is 0. The van der Waals surface area contributed by atoms with Gasteiger partial charge in [-0.15, -0.1) is 0 Å². The fraction of sp³-hybridized carbons (Fsp3) is 0.258. The third-order valence-electron chi connectivity index (χ3n) is 7.76. The van der Waals surface area contributed by atoms with Crippen molar-refractivity contribution in [3.05, 3.63) is 95.7 Å². The number of rotatable bonds is 7. The Balaban J connectivity index is 1.11. The molecule has 198 valence electrons. The highest BCUT2D eigenvalue weighted by molar-refractivity contribution is 5.89. The Morgan fingerprint density at radius 2 is 1.67 bits per heavy atom. The van der Waals surface area contributed by atoms with Gasteiger partial charge < -0.3 is 24.7 Å². The molecule has 0 saturated carbocycles. The average molecular weight is 524 g/mol. The highest BCUT2D eigenvalue weighted by Gasteiger charge is 2.39. The topological polar surface area (TPSA) is 101 Å². The zero-order valence-electron chi connectivity index (χ0n) is 21.6. The van der Waals surface area contributed by atoms with Gasteiger partial charge in [0.15, 0.2) is 0 Å². The number of aromatic amines is 1. The van der Waals surface area contributed by atoms with Crippen LogP contribution in [0.4, 0.5) is 4.79 Å². The minimum absolute atomic E-state index is 0.0512. The van der Waals surface area contributed by atoms with E-state index in [0.717, 1.165) is 38.7 Å². The maximum atomic E-state index is 13.0. The summed E-state index contributed by atoms with van der Waals surface area (Å²) in [5.74, 6) is -0.755. The molecule has 1 saturated heterocycles. The van der Waals surface area contributed by atoms with Crippen molar-refractivity contribution in [3.63, 3.8) is 0 Å². The number of hydrogen-bond donors (Lipinski definition) is 2. The summed E-state index contributed by atoms with van der Waals surface area (Å²) in [6.45, 7) is 0.390. The van der Waals surface area contributed by atoms with E-state index in [-0.39, 0.29) is 31.4 Å². The normalized spacial score (nSPS) is 17.1. The molecule has 0 spiro atoms. The molecule has 6 rings (SSSR count). The van der Waals surface area contributed by atoms with Gasteiger partial charge in [0.1, 0.15) is 12.6 Å². The number of hydrogen-bond acceptors (Lipinski definition) is 5.